The number of carbonyl (C=O) groups is 2. The lowest BCUT2D eigenvalue weighted by molar-refractivity contribution is -0.119. The first kappa shape index (κ1) is 19.8. The van der Waals surface area contributed by atoms with E-state index in [1.165, 1.54) is 4.90 Å². The third-order valence-corrected chi connectivity index (χ3v) is 6.71. The number of carbonyl (C=O) groups excluding carboxylic acids is 2. The summed E-state index contributed by atoms with van der Waals surface area (Å²) in [7, 11) is 3.32. The molecule has 7 nitrogen and oxygen atoms in total. The fraction of sp³-hybridized carbons (Fsp3) is 0.476. The number of rotatable bonds is 4. The third kappa shape index (κ3) is 3.62. The molecule has 0 radical (unpaired) electrons. The van der Waals surface area contributed by atoms with E-state index < -0.39 is 0 Å². The Hall–Kier alpha value is -2.45. The quantitative estimate of drug-likeness (QED) is 0.769. The molecular formula is C21H26N4O3S. The van der Waals surface area contributed by atoms with Crippen molar-refractivity contribution in [3.63, 3.8) is 0 Å². The highest BCUT2D eigenvalue weighted by atomic mass is 32.1. The van der Waals surface area contributed by atoms with Crippen LogP contribution in [0.1, 0.15) is 32.2 Å². The van der Waals surface area contributed by atoms with Crippen molar-refractivity contribution >= 4 is 33.8 Å². The van der Waals surface area contributed by atoms with Gasteiger partial charge in [-0.1, -0.05) is 0 Å². The average molecular weight is 415 g/mol. The molecule has 0 saturated carbocycles. The average Bonchev–Trinajstić information content (AvgIpc) is 3.01. The molecule has 154 valence electrons. The van der Waals surface area contributed by atoms with Crippen LogP contribution >= 0.6 is 11.3 Å². The van der Waals surface area contributed by atoms with Crippen LogP contribution in [0.15, 0.2) is 12.1 Å². The van der Waals surface area contributed by atoms with Crippen LogP contribution in [-0.2, 0) is 22.5 Å². The number of methoxy groups -OCH3 is 1. The van der Waals surface area contributed by atoms with Gasteiger partial charge in [0.15, 0.2) is 0 Å². The van der Waals surface area contributed by atoms with Gasteiger partial charge in [0, 0.05) is 42.7 Å². The fourth-order valence-electron chi connectivity index (χ4n) is 4.09. The predicted octanol–water partition coefficient (Wildman–Crippen LogP) is 2.39. The molecule has 4 rings (SSSR count). The highest BCUT2D eigenvalue weighted by Crippen LogP contribution is 2.42. The highest BCUT2D eigenvalue weighted by Gasteiger charge is 2.36. The van der Waals surface area contributed by atoms with Crippen LogP contribution in [0.2, 0.25) is 0 Å². The number of ether oxygens (including phenoxy) is 1. The van der Waals surface area contributed by atoms with Gasteiger partial charge in [-0.2, -0.15) is 0 Å². The van der Waals surface area contributed by atoms with Crippen molar-refractivity contribution in [2.75, 3.05) is 50.2 Å². The minimum Gasteiger partial charge on any atom is -0.383 e. The molecule has 2 aromatic rings. The molecule has 29 heavy (non-hydrogen) atoms. The number of likely N-dealkylation sites (N-methyl/N-ethyl adjacent to an activating group) is 1. The summed E-state index contributed by atoms with van der Waals surface area (Å²) in [5, 5.41) is 0.773. The summed E-state index contributed by atoms with van der Waals surface area (Å²) >= 11 is 1.57. The number of pyridine rings is 1. The molecule has 4 heterocycles. The summed E-state index contributed by atoms with van der Waals surface area (Å²) in [4.78, 5) is 37.1. The predicted molar refractivity (Wildman–Crippen MR) is 114 cm³/mol. The van der Waals surface area contributed by atoms with Gasteiger partial charge in [0.25, 0.3) is 5.91 Å². The lowest BCUT2D eigenvalue weighted by Gasteiger charge is -2.30. The minimum atomic E-state index is -0.0625. The molecule has 0 saturated heterocycles. The first-order chi connectivity index (χ1) is 13.9. The van der Waals surface area contributed by atoms with Crippen LogP contribution in [0.25, 0.3) is 0 Å². The normalized spacial score (nSPS) is 16.8. The molecule has 0 N–H and O–H groups in total. The Kier molecular flexibility index (Phi) is 5.31. The second-order valence-electron chi connectivity index (χ2n) is 7.66. The van der Waals surface area contributed by atoms with E-state index in [0.29, 0.717) is 18.7 Å². The number of anilines is 2. The first-order valence-electron chi connectivity index (χ1n) is 9.78. The summed E-state index contributed by atoms with van der Waals surface area (Å²) in [6.07, 6.45) is 0.785. The van der Waals surface area contributed by atoms with Gasteiger partial charge < -0.3 is 14.5 Å². The molecule has 0 aliphatic carbocycles. The van der Waals surface area contributed by atoms with Crippen molar-refractivity contribution in [3.05, 3.63) is 39.5 Å². The minimum absolute atomic E-state index is 0.0604. The van der Waals surface area contributed by atoms with E-state index in [2.05, 4.69) is 22.0 Å². The largest absolute Gasteiger partial charge is 0.383 e. The molecule has 0 bridgehead atoms. The Balaban J connectivity index is 1.73. The Morgan fingerprint density at radius 2 is 1.90 bits per heavy atom. The summed E-state index contributed by atoms with van der Waals surface area (Å²) in [6, 6.07) is 4.20. The van der Waals surface area contributed by atoms with Crippen LogP contribution in [0.3, 0.4) is 0 Å². The Bertz CT molecular complexity index is 951. The van der Waals surface area contributed by atoms with Crippen molar-refractivity contribution in [2.24, 2.45) is 0 Å². The zero-order valence-corrected chi connectivity index (χ0v) is 18.1. The molecule has 2 aliphatic rings. The molecule has 2 aromatic heterocycles. The van der Waals surface area contributed by atoms with E-state index in [1.54, 1.807) is 30.4 Å². The van der Waals surface area contributed by atoms with E-state index in [-0.39, 0.29) is 18.4 Å². The van der Waals surface area contributed by atoms with Gasteiger partial charge in [0.2, 0.25) is 5.91 Å². The zero-order chi connectivity index (χ0) is 20.7. The summed E-state index contributed by atoms with van der Waals surface area (Å²) in [6.45, 7) is 6.57. The topological polar surface area (TPSA) is 66.0 Å². The van der Waals surface area contributed by atoms with Crippen molar-refractivity contribution in [1.82, 2.24) is 9.88 Å². The van der Waals surface area contributed by atoms with Gasteiger partial charge in [0.1, 0.15) is 11.5 Å². The van der Waals surface area contributed by atoms with Gasteiger partial charge in [-0.25, -0.2) is 0 Å². The molecule has 2 aliphatic heterocycles. The van der Waals surface area contributed by atoms with Crippen LogP contribution in [0.4, 0.5) is 10.7 Å². The number of amides is 2. The summed E-state index contributed by atoms with van der Waals surface area (Å²) < 4.78 is 5.20. The van der Waals surface area contributed by atoms with Gasteiger partial charge >= 0.3 is 0 Å². The van der Waals surface area contributed by atoms with Gasteiger partial charge in [0.05, 0.1) is 25.3 Å². The molecule has 0 fully saturated rings. The first-order valence-corrected chi connectivity index (χ1v) is 10.6. The maximum atomic E-state index is 13.1. The second-order valence-corrected chi connectivity index (χ2v) is 8.75. The SMILES string of the molecule is COCCN1C(=O)CN(C)C(=O)c2c1sc1c2CCN(c2cc(C)nc(C)c2)C1. The molecule has 2 amide bonds. The Morgan fingerprint density at radius 3 is 2.59 bits per heavy atom. The highest BCUT2D eigenvalue weighted by molar-refractivity contribution is 7.17. The van der Waals surface area contributed by atoms with Crippen LogP contribution in [0.5, 0.6) is 0 Å². The third-order valence-electron chi connectivity index (χ3n) is 5.47. The van der Waals surface area contributed by atoms with E-state index >= 15 is 0 Å². The Morgan fingerprint density at radius 1 is 1.17 bits per heavy atom. The molecule has 0 aromatic carbocycles. The molecule has 8 heteroatoms. The molecular weight excluding hydrogens is 388 g/mol. The second kappa shape index (κ2) is 7.76. The number of nitrogens with zero attached hydrogens (tertiary/aromatic N) is 4. The van der Waals surface area contributed by atoms with Crippen molar-refractivity contribution in [1.29, 1.82) is 0 Å². The number of hydrogen-bond donors (Lipinski definition) is 0. The van der Waals surface area contributed by atoms with E-state index in [4.69, 9.17) is 4.74 Å². The monoisotopic (exact) mass is 414 g/mol. The van der Waals surface area contributed by atoms with Crippen LogP contribution in [-0.4, -0.2) is 62.1 Å². The number of aryl methyl sites for hydroxylation is 2. The smallest absolute Gasteiger partial charge is 0.257 e. The maximum Gasteiger partial charge on any atom is 0.257 e. The van der Waals surface area contributed by atoms with Crippen LogP contribution in [0, 0.1) is 13.8 Å². The maximum absolute atomic E-state index is 13.1. The number of fused-ring (bicyclic) bond motifs is 3. The van der Waals surface area contributed by atoms with E-state index in [0.717, 1.165) is 52.0 Å². The standard InChI is InChI=1S/C21H26N4O3S/c1-13-9-15(10-14(2)22-13)24-6-5-16-17(11-24)29-21-19(16)20(27)23(3)12-18(26)25(21)7-8-28-4/h9-10H,5-8,11-12H2,1-4H3. The Labute approximate surface area is 174 Å². The van der Waals surface area contributed by atoms with Crippen molar-refractivity contribution in [3.8, 4) is 0 Å². The summed E-state index contributed by atoms with van der Waals surface area (Å²) in [5.41, 5.74) is 4.95. The van der Waals surface area contributed by atoms with E-state index in [9.17, 15) is 9.59 Å². The van der Waals surface area contributed by atoms with Gasteiger partial charge in [-0.3, -0.25) is 19.5 Å². The van der Waals surface area contributed by atoms with Crippen molar-refractivity contribution < 1.29 is 14.3 Å². The number of hydrogen-bond acceptors (Lipinski definition) is 6. The summed E-state index contributed by atoms with van der Waals surface area (Å²) in [5.74, 6) is -0.123. The zero-order valence-electron chi connectivity index (χ0n) is 17.3. The number of thiophene rings is 1. The van der Waals surface area contributed by atoms with Crippen LogP contribution < -0.4 is 9.80 Å². The molecule has 0 spiro atoms. The number of aromatic nitrogens is 1. The molecule has 0 unspecified atom stereocenters. The van der Waals surface area contributed by atoms with E-state index in [1.807, 2.05) is 13.8 Å². The lowest BCUT2D eigenvalue weighted by Crippen LogP contribution is -2.39. The lowest BCUT2D eigenvalue weighted by atomic mass is 10.0. The van der Waals surface area contributed by atoms with Crippen molar-refractivity contribution in [2.45, 2.75) is 26.8 Å². The fourth-order valence-corrected chi connectivity index (χ4v) is 5.49. The molecule has 0 atom stereocenters. The van der Waals surface area contributed by atoms with Gasteiger partial charge in [-0.15, -0.1) is 11.3 Å². The van der Waals surface area contributed by atoms with Gasteiger partial charge in [-0.05, 0) is 38.0 Å².